The number of nitro groups is 1. The number of carbonyl (C=O) groups is 2. The lowest BCUT2D eigenvalue weighted by Gasteiger charge is -2.08. The molecule has 0 saturated carbocycles. The van der Waals surface area contributed by atoms with Gasteiger partial charge in [-0.2, -0.15) is 5.10 Å². The van der Waals surface area contributed by atoms with Gasteiger partial charge in [-0.25, -0.2) is 5.43 Å². The van der Waals surface area contributed by atoms with E-state index in [0.717, 1.165) is 0 Å². The summed E-state index contributed by atoms with van der Waals surface area (Å²) in [6.45, 7) is 0. The van der Waals surface area contributed by atoms with Crippen LogP contribution < -0.4 is 5.43 Å². The van der Waals surface area contributed by atoms with E-state index in [1.807, 2.05) is 24.3 Å². The molecule has 0 bridgehead atoms. The van der Waals surface area contributed by atoms with Crippen LogP contribution >= 0.6 is 0 Å². The van der Waals surface area contributed by atoms with Crippen molar-refractivity contribution < 1.29 is 14.5 Å². The van der Waals surface area contributed by atoms with Crippen LogP contribution in [-0.2, 0) is 0 Å². The Morgan fingerprint density at radius 1 is 0.793 bits per heavy atom. The number of carbonyl (C=O) groups excluding carboxylic acids is 2. The Bertz CT molecular complexity index is 1050. The molecule has 7 nitrogen and oxygen atoms in total. The monoisotopic (exact) mass is 387 g/mol. The molecule has 0 aliphatic heterocycles. The fourth-order valence-electron chi connectivity index (χ4n) is 2.63. The second kappa shape index (κ2) is 9.18. The highest BCUT2D eigenvalue weighted by atomic mass is 16.6. The summed E-state index contributed by atoms with van der Waals surface area (Å²) in [5.41, 5.74) is 4.22. The minimum absolute atomic E-state index is 0.00850. The van der Waals surface area contributed by atoms with Gasteiger partial charge >= 0.3 is 0 Å². The number of nitrogens with zero attached hydrogens (tertiary/aromatic N) is 2. The topological polar surface area (TPSA) is 102 Å². The van der Waals surface area contributed by atoms with Gasteiger partial charge < -0.3 is 0 Å². The maximum atomic E-state index is 12.6. The second-order valence-electron chi connectivity index (χ2n) is 6.14. The minimum atomic E-state index is -0.539. The van der Waals surface area contributed by atoms with E-state index in [1.165, 1.54) is 24.3 Å². The minimum Gasteiger partial charge on any atom is -0.294 e. The quantitative estimate of drug-likeness (QED) is 0.286. The first-order chi connectivity index (χ1) is 14.0. The first kappa shape index (κ1) is 19.6. The zero-order valence-corrected chi connectivity index (χ0v) is 15.3. The molecule has 0 spiro atoms. The van der Waals surface area contributed by atoms with Crippen molar-refractivity contribution in [2.24, 2.45) is 5.10 Å². The van der Waals surface area contributed by atoms with Crippen LogP contribution in [-0.4, -0.2) is 22.3 Å². The Labute approximate surface area is 166 Å². The molecule has 1 amide bonds. The molecule has 1 N–H and O–H groups in total. The Balaban J connectivity index is 1.80. The van der Waals surface area contributed by atoms with Gasteiger partial charge in [-0.3, -0.25) is 19.7 Å². The molecule has 0 radical (unpaired) electrons. The summed E-state index contributed by atoms with van der Waals surface area (Å²) in [4.78, 5) is 35.1. The summed E-state index contributed by atoms with van der Waals surface area (Å²) in [6, 6.07) is 23.1. The van der Waals surface area contributed by atoms with Crippen LogP contribution in [0, 0.1) is 10.1 Å². The number of ketones is 1. The van der Waals surface area contributed by atoms with Crippen LogP contribution in [0.4, 0.5) is 5.69 Å². The molecule has 0 aliphatic carbocycles. The Morgan fingerprint density at radius 3 is 1.90 bits per heavy atom. The third-order valence-electron chi connectivity index (χ3n) is 4.16. The largest absolute Gasteiger partial charge is 0.294 e. The maximum absolute atomic E-state index is 12.6. The van der Waals surface area contributed by atoms with E-state index in [1.54, 1.807) is 36.4 Å². The highest BCUT2D eigenvalue weighted by molar-refractivity contribution is 6.16. The number of nitro benzene ring substituents is 1. The van der Waals surface area contributed by atoms with E-state index < -0.39 is 10.8 Å². The number of hydrazone groups is 1. The number of rotatable bonds is 7. The third kappa shape index (κ3) is 5.20. The smallest absolute Gasteiger partial charge is 0.271 e. The number of amides is 1. The van der Waals surface area contributed by atoms with Gasteiger partial charge in [0.1, 0.15) is 0 Å². The van der Waals surface area contributed by atoms with Gasteiger partial charge in [0.2, 0.25) is 0 Å². The molecule has 0 heterocycles. The van der Waals surface area contributed by atoms with Gasteiger partial charge in [-0.05, 0) is 17.7 Å². The Hall–Kier alpha value is -4.13. The predicted molar refractivity (Wildman–Crippen MR) is 109 cm³/mol. The molecule has 3 aromatic carbocycles. The average molecular weight is 387 g/mol. The van der Waals surface area contributed by atoms with Crippen LogP contribution in [0.25, 0.3) is 0 Å². The van der Waals surface area contributed by atoms with Crippen LogP contribution in [0.15, 0.2) is 90.0 Å². The standard InChI is InChI=1S/C22H17N3O4/c26-21(17-9-5-2-6-10-17)15-20(16-7-3-1-4-8-16)23-24-22(27)18-11-13-19(14-12-18)25(28)29/h1-14H,15H2,(H,24,27). The third-order valence-corrected chi connectivity index (χ3v) is 4.16. The van der Waals surface area contributed by atoms with Gasteiger partial charge in [-0.1, -0.05) is 60.7 Å². The lowest BCUT2D eigenvalue weighted by molar-refractivity contribution is -0.384. The summed E-state index contributed by atoms with van der Waals surface area (Å²) in [5, 5.41) is 14.9. The van der Waals surface area contributed by atoms with Crippen LogP contribution in [0.5, 0.6) is 0 Å². The summed E-state index contributed by atoms with van der Waals surface area (Å²) >= 11 is 0. The SMILES string of the molecule is O=C(CC(=NNC(=O)c1ccc([N+](=O)[O-])cc1)c1ccccc1)c1ccccc1. The molecule has 3 rings (SSSR count). The zero-order chi connectivity index (χ0) is 20.6. The number of hydrogen-bond donors (Lipinski definition) is 1. The van der Waals surface area contributed by atoms with Crippen molar-refractivity contribution in [3.8, 4) is 0 Å². The normalized spacial score (nSPS) is 11.0. The number of Topliss-reactive ketones (excluding diaryl/α,β-unsaturated/α-hetero) is 1. The summed E-state index contributed by atoms with van der Waals surface area (Å²) < 4.78 is 0. The number of nitrogens with one attached hydrogen (secondary N) is 1. The highest BCUT2D eigenvalue weighted by Gasteiger charge is 2.14. The lowest BCUT2D eigenvalue weighted by Crippen LogP contribution is -2.21. The van der Waals surface area contributed by atoms with E-state index in [-0.39, 0.29) is 23.5 Å². The number of hydrogen-bond acceptors (Lipinski definition) is 5. The molecule has 0 fully saturated rings. The van der Waals surface area contributed by atoms with E-state index >= 15 is 0 Å². The molecule has 7 heteroatoms. The Kier molecular flexibility index (Phi) is 6.22. The van der Waals surface area contributed by atoms with E-state index in [9.17, 15) is 19.7 Å². The summed E-state index contributed by atoms with van der Waals surface area (Å²) in [5.74, 6) is -0.654. The highest BCUT2D eigenvalue weighted by Crippen LogP contribution is 2.13. The molecule has 3 aromatic rings. The van der Waals surface area contributed by atoms with Gasteiger partial charge in [0.15, 0.2) is 5.78 Å². The maximum Gasteiger partial charge on any atom is 0.271 e. The van der Waals surface area contributed by atoms with E-state index in [0.29, 0.717) is 16.8 Å². The number of benzene rings is 3. The van der Waals surface area contributed by atoms with Gasteiger partial charge in [0.05, 0.1) is 17.1 Å². The summed E-state index contributed by atoms with van der Waals surface area (Å²) in [6.07, 6.45) is 0.00850. The molecular weight excluding hydrogens is 370 g/mol. The van der Waals surface area contributed by atoms with Crippen LogP contribution in [0.1, 0.15) is 32.7 Å². The van der Waals surface area contributed by atoms with Gasteiger partial charge in [-0.15, -0.1) is 0 Å². The first-order valence-electron chi connectivity index (χ1n) is 8.79. The van der Waals surface area contributed by atoms with Crippen molar-refractivity contribution in [1.82, 2.24) is 5.43 Å². The first-order valence-corrected chi connectivity index (χ1v) is 8.79. The van der Waals surface area contributed by atoms with Crippen LogP contribution in [0.2, 0.25) is 0 Å². The van der Waals surface area contributed by atoms with Crippen molar-refractivity contribution in [2.45, 2.75) is 6.42 Å². The second-order valence-corrected chi connectivity index (χ2v) is 6.14. The zero-order valence-electron chi connectivity index (χ0n) is 15.3. The van der Waals surface area contributed by atoms with Crippen molar-refractivity contribution in [3.05, 3.63) is 112 Å². The van der Waals surface area contributed by atoms with Crippen molar-refractivity contribution in [1.29, 1.82) is 0 Å². The van der Waals surface area contributed by atoms with E-state index in [4.69, 9.17) is 0 Å². The van der Waals surface area contributed by atoms with E-state index in [2.05, 4.69) is 10.5 Å². The predicted octanol–water partition coefficient (Wildman–Crippen LogP) is 4.00. The van der Waals surface area contributed by atoms with Crippen molar-refractivity contribution in [2.75, 3.05) is 0 Å². The van der Waals surface area contributed by atoms with Gasteiger partial charge in [0.25, 0.3) is 11.6 Å². The molecule has 0 atom stereocenters. The van der Waals surface area contributed by atoms with Gasteiger partial charge in [0, 0.05) is 23.3 Å². The fraction of sp³-hybridized carbons (Fsp3) is 0.0455. The van der Waals surface area contributed by atoms with Crippen LogP contribution in [0.3, 0.4) is 0 Å². The summed E-state index contributed by atoms with van der Waals surface area (Å²) in [7, 11) is 0. The van der Waals surface area contributed by atoms with Crippen molar-refractivity contribution >= 4 is 23.1 Å². The lowest BCUT2D eigenvalue weighted by atomic mass is 10.0. The average Bonchev–Trinajstić information content (AvgIpc) is 2.77. The molecule has 0 aliphatic rings. The molecule has 0 unspecified atom stereocenters. The molecule has 0 aromatic heterocycles. The Morgan fingerprint density at radius 2 is 1.34 bits per heavy atom. The fourth-order valence-corrected chi connectivity index (χ4v) is 2.63. The molecule has 29 heavy (non-hydrogen) atoms. The molecule has 0 saturated heterocycles. The van der Waals surface area contributed by atoms with Crippen molar-refractivity contribution in [3.63, 3.8) is 0 Å². The molecular formula is C22H17N3O4. The molecule has 144 valence electrons. The number of non-ortho nitro benzene ring substituents is 1.